The minimum absolute atomic E-state index is 0.176. The minimum Gasteiger partial charge on any atom is -0.390 e. The molecule has 2 N–H and O–H groups in total. The van der Waals surface area contributed by atoms with Crippen LogP contribution in [0, 0.1) is 10.1 Å². The Hall–Kier alpha value is -1.55. The molecule has 0 bridgehead atoms. The Morgan fingerprint density at radius 1 is 1.26 bits per heavy atom. The van der Waals surface area contributed by atoms with Crippen molar-refractivity contribution in [1.29, 1.82) is 0 Å². The first kappa shape index (κ1) is 17.8. The Morgan fingerprint density at radius 2 is 1.91 bits per heavy atom. The van der Waals surface area contributed by atoms with Crippen molar-refractivity contribution in [3.63, 3.8) is 0 Å². The molecule has 1 heterocycles. The van der Waals surface area contributed by atoms with Crippen LogP contribution in [0.1, 0.15) is 19.3 Å². The summed E-state index contributed by atoms with van der Waals surface area (Å²) in [6.45, 7) is 2.01. The van der Waals surface area contributed by atoms with Gasteiger partial charge in [0.2, 0.25) is 10.0 Å². The van der Waals surface area contributed by atoms with E-state index in [9.17, 15) is 23.6 Å². The molecule has 1 atom stereocenters. The van der Waals surface area contributed by atoms with Crippen LogP contribution >= 0.6 is 0 Å². The summed E-state index contributed by atoms with van der Waals surface area (Å²) in [7, 11) is -4.04. The summed E-state index contributed by atoms with van der Waals surface area (Å²) in [5, 5.41) is 20.9. The zero-order chi connectivity index (χ0) is 16.9. The summed E-state index contributed by atoms with van der Waals surface area (Å²) in [5.74, 6) is 0. The zero-order valence-electron chi connectivity index (χ0n) is 12.7. The quantitative estimate of drug-likeness (QED) is 0.557. The Balaban J connectivity index is 1.97. The molecule has 23 heavy (non-hydrogen) atoms. The van der Waals surface area contributed by atoms with Gasteiger partial charge >= 0.3 is 0 Å². The molecule has 8 nitrogen and oxygen atoms in total. The smallest absolute Gasteiger partial charge is 0.289 e. The number of aliphatic hydroxyl groups is 1. The van der Waals surface area contributed by atoms with E-state index in [0.717, 1.165) is 32.0 Å². The molecule has 128 valence electrons. The summed E-state index contributed by atoms with van der Waals surface area (Å²) < 4.78 is 26.7. The van der Waals surface area contributed by atoms with Gasteiger partial charge in [0, 0.05) is 19.2 Å². The number of likely N-dealkylation sites (tertiary alicyclic amines) is 1. The van der Waals surface area contributed by atoms with Gasteiger partial charge < -0.3 is 10.0 Å². The molecule has 1 fully saturated rings. The maximum atomic E-state index is 12.2. The van der Waals surface area contributed by atoms with Crippen molar-refractivity contribution in [2.75, 3.05) is 26.2 Å². The first-order chi connectivity index (χ1) is 10.9. The lowest BCUT2D eigenvalue weighted by Crippen LogP contribution is -2.42. The topological polar surface area (TPSA) is 113 Å². The van der Waals surface area contributed by atoms with E-state index in [2.05, 4.69) is 9.62 Å². The number of nitro groups is 1. The largest absolute Gasteiger partial charge is 0.390 e. The first-order valence-electron chi connectivity index (χ1n) is 7.53. The Bertz CT molecular complexity index is 644. The third-order valence-corrected chi connectivity index (χ3v) is 5.25. The van der Waals surface area contributed by atoms with Crippen molar-refractivity contribution in [2.24, 2.45) is 0 Å². The molecule has 0 spiro atoms. The van der Waals surface area contributed by atoms with Crippen LogP contribution < -0.4 is 4.72 Å². The number of benzene rings is 1. The molecule has 1 aromatic rings. The molecule has 2 rings (SSSR count). The molecule has 1 aliphatic heterocycles. The highest BCUT2D eigenvalue weighted by atomic mass is 32.2. The number of nitro benzene ring substituents is 1. The molecule has 0 unspecified atom stereocenters. The first-order valence-corrected chi connectivity index (χ1v) is 9.02. The fourth-order valence-electron chi connectivity index (χ4n) is 2.62. The number of rotatable bonds is 7. The lowest BCUT2D eigenvalue weighted by molar-refractivity contribution is -0.387. The molecule has 0 aliphatic carbocycles. The predicted molar refractivity (Wildman–Crippen MR) is 84.6 cm³/mol. The number of nitrogens with zero attached hydrogens (tertiary/aromatic N) is 2. The maximum absolute atomic E-state index is 12.2. The normalized spacial score (nSPS) is 17.8. The van der Waals surface area contributed by atoms with E-state index in [1.807, 2.05) is 0 Å². The van der Waals surface area contributed by atoms with Gasteiger partial charge in [-0.1, -0.05) is 18.6 Å². The molecule has 1 aliphatic rings. The average molecular weight is 343 g/mol. The van der Waals surface area contributed by atoms with Gasteiger partial charge in [-0.15, -0.1) is 0 Å². The highest BCUT2D eigenvalue weighted by Gasteiger charge is 2.25. The highest BCUT2D eigenvalue weighted by Crippen LogP contribution is 2.22. The summed E-state index contributed by atoms with van der Waals surface area (Å²) in [4.78, 5) is 11.9. The van der Waals surface area contributed by atoms with Crippen molar-refractivity contribution < 1.29 is 18.4 Å². The predicted octanol–water partition coefficient (Wildman–Crippen LogP) is 0.720. The lowest BCUT2D eigenvalue weighted by atomic mass is 10.1. The fraction of sp³-hybridized carbons (Fsp3) is 0.571. The third kappa shape index (κ3) is 4.96. The lowest BCUT2D eigenvalue weighted by Gasteiger charge is -2.28. The number of hydrogen-bond donors (Lipinski definition) is 2. The van der Waals surface area contributed by atoms with Crippen LogP contribution in [0.3, 0.4) is 0 Å². The van der Waals surface area contributed by atoms with Crippen molar-refractivity contribution in [3.8, 4) is 0 Å². The molecule has 0 amide bonds. The molecule has 0 radical (unpaired) electrons. The van der Waals surface area contributed by atoms with Gasteiger partial charge in [-0.2, -0.15) is 0 Å². The van der Waals surface area contributed by atoms with Crippen molar-refractivity contribution in [1.82, 2.24) is 9.62 Å². The van der Waals surface area contributed by atoms with Crippen LogP contribution in [0.25, 0.3) is 0 Å². The summed E-state index contributed by atoms with van der Waals surface area (Å²) >= 11 is 0. The van der Waals surface area contributed by atoms with Gasteiger partial charge in [-0.05, 0) is 32.0 Å². The van der Waals surface area contributed by atoms with Gasteiger partial charge in [-0.25, -0.2) is 13.1 Å². The number of nitrogens with one attached hydrogen (secondary N) is 1. The Labute approximate surface area is 135 Å². The minimum atomic E-state index is -4.04. The van der Waals surface area contributed by atoms with Gasteiger partial charge in [-0.3, -0.25) is 10.1 Å². The molecule has 9 heteroatoms. The number of hydrogen-bond acceptors (Lipinski definition) is 6. The second-order valence-electron chi connectivity index (χ2n) is 5.59. The molecule has 1 saturated heterocycles. The number of para-hydroxylation sites is 1. The average Bonchev–Trinajstić information content (AvgIpc) is 2.54. The van der Waals surface area contributed by atoms with Crippen molar-refractivity contribution in [2.45, 2.75) is 30.3 Å². The molecule has 1 aromatic carbocycles. The highest BCUT2D eigenvalue weighted by molar-refractivity contribution is 7.89. The number of β-amino-alcohol motifs (C(OH)–C–C–N with tert-alkyl or cyclic N) is 1. The van der Waals surface area contributed by atoms with Crippen LogP contribution in [0.2, 0.25) is 0 Å². The van der Waals surface area contributed by atoms with Gasteiger partial charge in [0.1, 0.15) is 0 Å². The van der Waals surface area contributed by atoms with Gasteiger partial charge in [0.25, 0.3) is 5.69 Å². The summed E-state index contributed by atoms with van der Waals surface area (Å²) in [6.07, 6.45) is 2.48. The van der Waals surface area contributed by atoms with E-state index in [4.69, 9.17) is 0 Å². The summed E-state index contributed by atoms with van der Waals surface area (Å²) in [6, 6.07) is 5.14. The Morgan fingerprint density at radius 3 is 2.57 bits per heavy atom. The van der Waals surface area contributed by atoms with Crippen LogP contribution in [-0.2, 0) is 10.0 Å². The monoisotopic (exact) mass is 343 g/mol. The van der Waals surface area contributed by atoms with Gasteiger partial charge in [0.15, 0.2) is 4.90 Å². The number of sulfonamides is 1. The van der Waals surface area contributed by atoms with Crippen LogP contribution in [-0.4, -0.2) is 55.6 Å². The van der Waals surface area contributed by atoms with E-state index in [0.29, 0.717) is 6.54 Å². The second kappa shape index (κ2) is 7.82. The van der Waals surface area contributed by atoms with Crippen LogP contribution in [0.5, 0.6) is 0 Å². The third-order valence-electron chi connectivity index (χ3n) is 3.78. The van der Waals surface area contributed by atoms with E-state index in [1.54, 1.807) is 0 Å². The second-order valence-corrected chi connectivity index (χ2v) is 7.33. The number of aliphatic hydroxyl groups excluding tert-OH is 1. The Kier molecular flexibility index (Phi) is 6.05. The molecule has 0 aromatic heterocycles. The van der Waals surface area contributed by atoms with Crippen LogP contribution in [0.15, 0.2) is 29.2 Å². The standard InChI is InChI=1S/C14H21N3O5S/c18-12(11-16-8-4-1-5-9-16)10-15-23(21,22)14-7-3-2-6-13(14)17(19)20/h2-3,6-7,12,15,18H,1,4-5,8-11H2/t12-/m1/s1. The zero-order valence-corrected chi connectivity index (χ0v) is 13.5. The van der Waals surface area contributed by atoms with Gasteiger partial charge in [0.05, 0.1) is 11.0 Å². The fourth-order valence-corrected chi connectivity index (χ4v) is 3.87. The van der Waals surface area contributed by atoms with E-state index in [-0.39, 0.29) is 6.54 Å². The maximum Gasteiger partial charge on any atom is 0.289 e. The van der Waals surface area contributed by atoms with Crippen LogP contribution in [0.4, 0.5) is 5.69 Å². The SMILES string of the molecule is O=[N+]([O-])c1ccccc1S(=O)(=O)NC[C@@H](O)CN1CCCCC1. The molecule has 0 saturated carbocycles. The van der Waals surface area contributed by atoms with E-state index < -0.39 is 31.6 Å². The van der Waals surface area contributed by atoms with Crippen molar-refractivity contribution in [3.05, 3.63) is 34.4 Å². The van der Waals surface area contributed by atoms with E-state index >= 15 is 0 Å². The van der Waals surface area contributed by atoms with E-state index in [1.165, 1.54) is 24.6 Å². The molecular weight excluding hydrogens is 322 g/mol. The number of piperidine rings is 1. The summed E-state index contributed by atoms with van der Waals surface area (Å²) in [5.41, 5.74) is -0.481. The molecular formula is C14H21N3O5S. The van der Waals surface area contributed by atoms with Crippen molar-refractivity contribution >= 4 is 15.7 Å².